The van der Waals surface area contributed by atoms with E-state index >= 15 is 0 Å². The predicted octanol–water partition coefficient (Wildman–Crippen LogP) is 3.58. The first-order valence-electron chi connectivity index (χ1n) is 12.0. The second-order valence-corrected chi connectivity index (χ2v) is 9.67. The Bertz CT molecular complexity index is 1190. The number of amides is 3. The van der Waals surface area contributed by atoms with Crippen LogP contribution in [0.15, 0.2) is 48.5 Å². The smallest absolute Gasteiger partial charge is 0.316 e. The maximum Gasteiger partial charge on any atom is 0.316 e. The minimum absolute atomic E-state index is 0.0420. The molecule has 2 saturated heterocycles. The number of methoxy groups -OCH3 is 1. The Kier molecular flexibility index (Phi) is 6.05. The van der Waals surface area contributed by atoms with Gasteiger partial charge in [0.15, 0.2) is 0 Å². The van der Waals surface area contributed by atoms with Crippen molar-refractivity contribution in [3.8, 4) is 11.5 Å². The average molecular weight is 477 g/mol. The van der Waals surface area contributed by atoms with Crippen molar-refractivity contribution in [2.24, 2.45) is 23.7 Å². The first-order chi connectivity index (χ1) is 16.9. The third kappa shape index (κ3) is 4.29. The van der Waals surface area contributed by atoms with Gasteiger partial charge in [-0.25, -0.2) is 4.90 Å². The number of fused-ring (bicyclic) bond motifs is 1. The minimum Gasteiger partial charge on any atom is -0.497 e. The minimum atomic E-state index is -0.628. The quantitative estimate of drug-likeness (QED) is 0.372. The van der Waals surface area contributed by atoms with Gasteiger partial charge < -0.3 is 14.4 Å². The highest BCUT2D eigenvalue weighted by Gasteiger charge is 2.50. The van der Waals surface area contributed by atoms with Crippen LogP contribution in [0.25, 0.3) is 0 Å². The number of rotatable bonds is 5. The molecule has 2 heterocycles. The third-order valence-corrected chi connectivity index (χ3v) is 7.31. The molecular weight excluding hydrogens is 448 g/mol. The van der Waals surface area contributed by atoms with Crippen molar-refractivity contribution in [2.75, 3.05) is 23.5 Å². The summed E-state index contributed by atoms with van der Waals surface area (Å²) in [5, 5.41) is 0. The molecular formula is C27H28N2O6. The molecule has 0 aromatic heterocycles. The molecule has 2 aromatic rings. The van der Waals surface area contributed by atoms with Crippen molar-refractivity contribution in [1.29, 1.82) is 0 Å². The van der Waals surface area contributed by atoms with Gasteiger partial charge in [-0.1, -0.05) is 19.1 Å². The summed E-state index contributed by atoms with van der Waals surface area (Å²) in [5.74, 6) is -0.927. The van der Waals surface area contributed by atoms with Crippen LogP contribution in [-0.4, -0.2) is 37.3 Å². The maximum atomic E-state index is 13.0. The second kappa shape index (κ2) is 9.17. The van der Waals surface area contributed by atoms with Crippen LogP contribution in [0.4, 0.5) is 11.4 Å². The molecule has 5 rings (SSSR count). The van der Waals surface area contributed by atoms with Crippen molar-refractivity contribution in [3.05, 3.63) is 48.5 Å². The van der Waals surface area contributed by atoms with Crippen LogP contribution in [0.2, 0.25) is 0 Å². The van der Waals surface area contributed by atoms with Crippen LogP contribution in [0, 0.1) is 23.7 Å². The van der Waals surface area contributed by atoms with Gasteiger partial charge in [0.1, 0.15) is 11.5 Å². The van der Waals surface area contributed by atoms with E-state index in [4.69, 9.17) is 9.47 Å². The fourth-order valence-electron chi connectivity index (χ4n) is 5.42. The molecule has 3 aliphatic rings. The van der Waals surface area contributed by atoms with Gasteiger partial charge >= 0.3 is 5.97 Å². The first kappa shape index (κ1) is 23.1. The zero-order valence-corrected chi connectivity index (χ0v) is 19.8. The van der Waals surface area contributed by atoms with Crippen LogP contribution in [-0.2, 0) is 19.2 Å². The molecule has 0 bridgehead atoms. The molecule has 0 spiro atoms. The Hall–Kier alpha value is -3.68. The summed E-state index contributed by atoms with van der Waals surface area (Å²) < 4.78 is 10.8. The van der Waals surface area contributed by atoms with Gasteiger partial charge in [0.25, 0.3) is 0 Å². The van der Waals surface area contributed by atoms with Crippen LogP contribution in [0.5, 0.6) is 11.5 Å². The Balaban J connectivity index is 1.28. The molecule has 8 nitrogen and oxygen atoms in total. The van der Waals surface area contributed by atoms with Crippen molar-refractivity contribution < 1.29 is 28.7 Å². The zero-order valence-electron chi connectivity index (χ0n) is 19.8. The van der Waals surface area contributed by atoms with Crippen LogP contribution < -0.4 is 19.3 Å². The second-order valence-electron chi connectivity index (χ2n) is 9.67. The number of hydrogen-bond acceptors (Lipinski definition) is 6. The summed E-state index contributed by atoms with van der Waals surface area (Å²) in [6, 6.07) is 13.6. The standard InChI is InChI=1S/C27H28N2O6/c1-16-9-10-22-23(11-16)26(32)29(25(22)31)19-6-4-8-21(14-19)35-27(33)17-12-24(30)28(15-17)18-5-3-7-20(13-18)34-2/h3-8,13-14,16-17,22-23H,9-12,15H2,1-2H3/t16-,17+,22+,23+/m1/s1. The average Bonchev–Trinajstić information content (AvgIpc) is 3.36. The van der Waals surface area contributed by atoms with E-state index in [2.05, 4.69) is 6.92 Å². The summed E-state index contributed by atoms with van der Waals surface area (Å²) >= 11 is 0. The number of benzene rings is 2. The number of ether oxygens (including phenoxy) is 2. The molecule has 1 aliphatic carbocycles. The van der Waals surface area contributed by atoms with E-state index in [0.29, 0.717) is 23.0 Å². The van der Waals surface area contributed by atoms with Crippen LogP contribution in [0.1, 0.15) is 32.6 Å². The van der Waals surface area contributed by atoms with Crippen molar-refractivity contribution in [1.82, 2.24) is 0 Å². The monoisotopic (exact) mass is 476 g/mol. The molecule has 0 unspecified atom stereocenters. The molecule has 2 aliphatic heterocycles. The summed E-state index contributed by atoms with van der Waals surface area (Å²) in [7, 11) is 1.55. The van der Waals surface area contributed by atoms with Gasteiger partial charge in [0.05, 0.1) is 30.6 Å². The van der Waals surface area contributed by atoms with Gasteiger partial charge in [0, 0.05) is 30.8 Å². The summed E-state index contributed by atoms with van der Waals surface area (Å²) in [6.07, 6.45) is 2.43. The van der Waals surface area contributed by atoms with Gasteiger partial charge in [0.2, 0.25) is 17.7 Å². The third-order valence-electron chi connectivity index (χ3n) is 7.31. The lowest BCUT2D eigenvalue weighted by Crippen LogP contribution is -2.31. The summed E-state index contributed by atoms with van der Waals surface area (Å²) in [6.45, 7) is 2.31. The molecule has 1 saturated carbocycles. The molecule has 0 radical (unpaired) electrons. The van der Waals surface area contributed by atoms with E-state index in [1.807, 2.05) is 0 Å². The first-order valence-corrected chi connectivity index (χ1v) is 12.0. The Labute approximate surface area is 203 Å². The van der Waals surface area contributed by atoms with E-state index in [1.165, 1.54) is 4.90 Å². The van der Waals surface area contributed by atoms with Crippen molar-refractivity contribution in [2.45, 2.75) is 32.6 Å². The van der Waals surface area contributed by atoms with Crippen LogP contribution >= 0.6 is 0 Å². The largest absolute Gasteiger partial charge is 0.497 e. The SMILES string of the molecule is COc1cccc(N2C[C@@H](C(=O)Oc3cccc(N4C(=O)[C@H]5CC[C@@H](C)C[C@@H]5C4=O)c3)CC2=O)c1. The topological polar surface area (TPSA) is 93.2 Å². The molecule has 2 aromatic carbocycles. The number of hydrogen-bond donors (Lipinski definition) is 0. The Morgan fingerprint density at radius 1 is 0.914 bits per heavy atom. The number of carbonyl (C=O) groups is 4. The summed E-state index contributed by atoms with van der Waals surface area (Å²) in [4.78, 5) is 54.3. The Morgan fingerprint density at radius 2 is 1.60 bits per heavy atom. The highest BCUT2D eigenvalue weighted by Crippen LogP contribution is 2.42. The number of nitrogens with zero attached hydrogens (tertiary/aromatic N) is 2. The molecule has 3 amide bonds. The molecule has 0 N–H and O–H groups in total. The summed E-state index contributed by atoms with van der Waals surface area (Å²) in [5.41, 5.74) is 1.07. The van der Waals surface area contributed by atoms with E-state index < -0.39 is 11.9 Å². The van der Waals surface area contributed by atoms with Crippen molar-refractivity contribution in [3.63, 3.8) is 0 Å². The van der Waals surface area contributed by atoms with E-state index in [9.17, 15) is 19.2 Å². The molecule has 182 valence electrons. The molecule has 35 heavy (non-hydrogen) atoms. The molecule has 3 fully saturated rings. The van der Waals surface area contributed by atoms with E-state index in [1.54, 1.807) is 60.5 Å². The highest BCUT2D eigenvalue weighted by atomic mass is 16.5. The predicted molar refractivity (Wildman–Crippen MR) is 128 cm³/mol. The fraction of sp³-hybridized carbons (Fsp3) is 0.407. The van der Waals surface area contributed by atoms with Gasteiger partial charge in [-0.2, -0.15) is 0 Å². The van der Waals surface area contributed by atoms with Gasteiger partial charge in [-0.05, 0) is 49.4 Å². The van der Waals surface area contributed by atoms with Gasteiger partial charge in [-0.15, -0.1) is 0 Å². The zero-order chi connectivity index (χ0) is 24.7. The lowest BCUT2D eigenvalue weighted by Gasteiger charge is -2.25. The van der Waals surface area contributed by atoms with E-state index in [-0.39, 0.29) is 48.3 Å². The number of imide groups is 1. The maximum absolute atomic E-state index is 13.0. The molecule has 8 heteroatoms. The fourth-order valence-corrected chi connectivity index (χ4v) is 5.42. The number of anilines is 2. The lowest BCUT2D eigenvalue weighted by molar-refractivity contribution is -0.139. The Morgan fingerprint density at radius 3 is 2.37 bits per heavy atom. The highest BCUT2D eigenvalue weighted by molar-refractivity contribution is 6.22. The molecule has 4 atom stereocenters. The lowest BCUT2D eigenvalue weighted by atomic mass is 9.76. The number of carbonyl (C=O) groups excluding carboxylic acids is 4. The van der Waals surface area contributed by atoms with Crippen LogP contribution in [0.3, 0.4) is 0 Å². The van der Waals surface area contributed by atoms with Crippen molar-refractivity contribution >= 4 is 35.1 Å². The number of esters is 1. The van der Waals surface area contributed by atoms with E-state index in [0.717, 1.165) is 19.3 Å². The van der Waals surface area contributed by atoms with Gasteiger partial charge in [-0.3, -0.25) is 19.2 Å². The normalized spacial score (nSPS) is 26.2.